The van der Waals surface area contributed by atoms with Gasteiger partial charge >= 0.3 is 0 Å². The van der Waals surface area contributed by atoms with Gasteiger partial charge in [-0.15, -0.1) is 0 Å². The monoisotopic (exact) mass is 357 g/mol. The highest BCUT2D eigenvalue weighted by atomic mass is 16.5. The van der Waals surface area contributed by atoms with Crippen molar-refractivity contribution in [3.05, 3.63) is 29.8 Å². The van der Waals surface area contributed by atoms with Crippen molar-refractivity contribution in [2.45, 2.75) is 38.6 Å². The summed E-state index contributed by atoms with van der Waals surface area (Å²) < 4.78 is 5.22. The second kappa shape index (κ2) is 9.23. The summed E-state index contributed by atoms with van der Waals surface area (Å²) in [7, 11) is 3.31. The van der Waals surface area contributed by atoms with Crippen molar-refractivity contribution in [3.63, 3.8) is 0 Å². The van der Waals surface area contributed by atoms with Crippen LogP contribution in [-0.4, -0.2) is 48.9 Å². The summed E-state index contributed by atoms with van der Waals surface area (Å²) >= 11 is 0. The van der Waals surface area contributed by atoms with Gasteiger partial charge in [0.25, 0.3) is 0 Å². The Morgan fingerprint density at radius 2 is 2.08 bits per heavy atom. The first-order valence-electron chi connectivity index (χ1n) is 9.08. The molecule has 1 heterocycles. The normalized spacial score (nSPS) is 19.3. The molecule has 26 heavy (non-hydrogen) atoms. The van der Waals surface area contributed by atoms with E-state index < -0.39 is 5.92 Å². The zero-order valence-electron chi connectivity index (χ0n) is 15.8. The number of likely N-dealkylation sites (tertiary alicyclic amines) is 1. The maximum Gasteiger partial charge on any atom is 0.228 e. The van der Waals surface area contributed by atoms with Gasteiger partial charge in [-0.05, 0) is 24.1 Å². The molecule has 0 radical (unpaired) electrons. The van der Waals surface area contributed by atoms with E-state index in [1.165, 1.54) is 0 Å². The fourth-order valence-electron chi connectivity index (χ4n) is 3.43. The number of carbonyl (C=O) groups excluding carboxylic acids is 2. The number of ether oxygens (including phenoxy) is 1. The molecule has 1 aliphatic rings. The molecule has 1 aromatic rings. The van der Waals surface area contributed by atoms with E-state index in [2.05, 4.69) is 13.0 Å². The molecule has 1 aromatic carbocycles. The molecule has 2 rings (SSSR count). The maximum atomic E-state index is 12.9. The van der Waals surface area contributed by atoms with Crippen molar-refractivity contribution in [2.75, 3.05) is 27.2 Å². The zero-order chi connectivity index (χ0) is 19.1. The fourth-order valence-corrected chi connectivity index (χ4v) is 3.43. The second-order valence-corrected chi connectivity index (χ2v) is 6.64. The van der Waals surface area contributed by atoms with Crippen molar-refractivity contribution < 1.29 is 14.3 Å². The third-order valence-electron chi connectivity index (χ3n) is 4.89. The lowest BCUT2D eigenvalue weighted by molar-refractivity contribution is -0.135. The van der Waals surface area contributed by atoms with E-state index >= 15 is 0 Å². The zero-order valence-corrected chi connectivity index (χ0v) is 15.8. The Bertz CT molecular complexity index is 666. The number of carbonyl (C=O) groups is 2. The van der Waals surface area contributed by atoms with Crippen molar-refractivity contribution in [2.24, 2.45) is 5.92 Å². The van der Waals surface area contributed by atoms with E-state index in [1.54, 1.807) is 19.1 Å². The minimum atomic E-state index is -0.420. The van der Waals surface area contributed by atoms with Crippen molar-refractivity contribution in [3.8, 4) is 11.8 Å². The van der Waals surface area contributed by atoms with Crippen molar-refractivity contribution >= 4 is 11.8 Å². The summed E-state index contributed by atoms with van der Waals surface area (Å²) in [6.07, 6.45) is 2.40. The summed E-state index contributed by atoms with van der Waals surface area (Å²) in [5.74, 6) is 0.267. The van der Waals surface area contributed by atoms with Gasteiger partial charge in [0.2, 0.25) is 11.8 Å². The standard InChI is InChI=1S/C20H27N3O3/c1-4-5-13-23-18(24)14-17(20(25)22(2)12-6-11-21)19(23)15-7-9-16(26-3)10-8-15/h7-10,17,19H,4-6,12-14H2,1-3H3. The Hall–Kier alpha value is -2.55. The smallest absolute Gasteiger partial charge is 0.228 e. The molecule has 1 saturated heterocycles. The van der Waals surface area contributed by atoms with E-state index in [0.717, 1.165) is 24.2 Å². The summed E-state index contributed by atoms with van der Waals surface area (Å²) in [5.41, 5.74) is 0.944. The number of nitrogens with zero attached hydrogens (tertiary/aromatic N) is 3. The number of rotatable bonds is 8. The Morgan fingerprint density at radius 1 is 1.38 bits per heavy atom. The van der Waals surface area contributed by atoms with Gasteiger partial charge in [-0.2, -0.15) is 5.26 Å². The van der Waals surface area contributed by atoms with Crippen molar-refractivity contribution in [1.29, 1.82) is 5.26 Å². The van der Waals surface area contributed by atoms with E-state index in [0.29, 0.717) is 13.1 Å². The van der Waals surface area contributed by atoms with E-state index in [-0.39, 0.29) is 30.7 Å². The van der Waals surface area contributed by atoms with Gasteiger partial charge in [0.1, 0.15) is 5.75 Å². The first-order chi connectivity index (χ1) is 12.5. The van der Waals surface area contributed by atoms with Crippen LogP contribution in [0.15, 0.2) is 24.3 Å². The quantitative estimate of drug-likeness (QED) is 0.717. The van der Waals surface area contributed by atoms with Crippen LogP contribution in [0.5, 0.6) is 5.75 Å². The van der Waals surface area contributed by atoms with Crippen LogP contribution in [0.25, 0.3) is 0 Å². The maximum absolute atomic E-state index is 12.9. The predicted molar refractivity (Wildman–Crippen MR) is 98.3 cm³/mol. The van der Waals surface area contributed by atoms with Crippen LogP contribution < -0.4 is 4.74 Å². The summed E-state index contributed by atoms with van der Waals surface area (Å²) in [5, 5.41) is 8.76. The number of unbranched alkanes of at least 4 members (excludes halogenated alkanes) is 1. The van der Waals surface area contributed by atoms with Gasteiger partial charge in [0.05, 0.1) is 31.6 Å². The largest absolute Gasteiger partial charge is 0.497 e. The average Bonchev–Trinajstić information content (AvgIpc) is 2.99. The first kappa shape index (κ1) is 19.8. The molecule has 2 atom stereocenters. The highest BCUT2D eigenvalue weighted by Crippen LogP contribution is 2.39. The van der Waals surface area contributed by atoms with E-state index in [9.17, 15) is 9.59 Å². The van der Waals surface area contributed by atoms with E-state index in [4.69, 9.17) is 10.00 Å². The van der Waals surface area contributed by atoms with Gasteiger partial charge in [-0.1, -0.05) is 25.5 Å². The molecule has 0 bridgehead atoms. The lowest BCUT2D eigenvalue weighted by Gasteiger charge is -2.30. The van der Waals surface area contributed by atoms with Gasteiger partial charge in [0.15, 0.2) is 0 Å². The van der Waals surface area contributed by atoms with Crippen LogP contribution in [-0.2, 0) is 9.59 Å². The highest BCUT2D eigenvalue weighted by molar-refractivity contribution is 5.90. The van der Waals surface area contributed by atoms with E-state index in [1.807, 2.05) is 29.2 Å². The molecule has 0 spiro atoms. The van der Waals surface area contributed by atoms with Crippen LogP contribution in [0.1, 0.15) is 44.2 Å². The van der Waals surface area contributed by atoms with Crippen LogP contribution in [0.3, 0.4) is 0 Å². The first-order valence-corrected chi connectivity index (χ1v) is 9.08. The molecule has 140 valence electrons. The highest BCUT2D eigenvalue weighted by Gasteiger charge is 2.44. The van der Waals surface area contributed by atoms with Crippen LogP contribution in [0.2, 0.25) is 0 Å². The molecule has 6 heteroatoms. The summed E-state index contributed by atoms with van der Waals surface area (Å²) in [6, 6.07) is 9.36. The third-order valence-corrected chi connectivity index (χ3v) is 4.89. The number of hydrogen-bond acceptors (Lipinski definition) is 4. The molecule has 2 amide bonds. The van der Waals surface area contributed by atoms with Crippen molar-refractivity contribution in [1.82, 2.24) is 9.80 Å². The number of benzene rings is 1. The second-order valence-electron chi connectivity index (χ2n) is 6.64. The molecule has 6 nitrogen and oxygen atoms in total. The van der Waals surface area contributed by atoms with Gasteiger partial charge in [0, 0.05) is 26.6 Å². The summed E-state index contributed by atoms with van der Waals surface area (Å²) in [6.45, 7) is 3.11. The molecular formula is C20H27N3O3. The van der Waals surface area contributed by atoms with Gasteiger partial charge < -0.3 is 14.5 Å². The number of methoxy groups -OCH3 is 1. The topological polar surface area (TPSA) is 73.6 Å². The Morgan fingerprint density at radius 3 is 2.65 bits per heavy atom. The van der Waals surface area contributed by atoms with Crippen LogP contribution >= 0.6 is 0 Å². The third kappa shape index (κ3) is 4.34. The minimum absolute atomic E-state index is 0.0197. The SMILES string of the molecule is CCCCN1C(=O)CC(C(=O)N(C)CCC#N)C1c1ccc(OC)cc1. The average molecular weight is 357 g/mol. The van der Waals surface area contributed by atoms with Gasteiger partial charge in [-0.3, -0.25) is 9.59 Å². The number of amides is 2. The Kier molecular flexibility index (Phi) is 7.02. The Labute approximate surface area is 155 Å². The minimum Gasteiger partial charge on any atom is -0.497 e. The molecule has 0 aromatic heterocycles. The molecular weight excluding hydrogens is 330 g/mol. The molecule has 0 saturated carbocycles. The predicted octanol–water partition coefficient (Wildman–Crippen LogP) is 2.76. The van der Waals surface area contributed by atoms with Crippen LogP contribution in [0.4, 0.5) is 0 Å². The lowest BCUT2D eigenvalue weighted by atomic mass is 9.92. The molecule has 0 aliphatic carbocycles. The molecule has 1 aliphatic heterocycles. The number of hydrogen-bond donors (Lipinski definition) is 0. The molecule has 2 unspecified atom stereocenters. The van der Waals surface area contributed by atoms with Gasteiger partial charge in [-0.25, -0.2) is 0 Å². The fraction of sp³-hybridized carbons (Fsp3) is 0.550. The lowest BCUT2D eigenvalue weighted by Crippen LogP contribution is -2.37. The summed E-state index contributed by atoms with van der Waals surface area (Å²) in [4.78, 5) is 29.0. The Balaban J connectivity index is 2.30. The number of nitriles is 1. The molecule has 1 fully saturated rings. The molecule has 0 N–H and O–H groups in total. The van der Waals surface area contributed by atoms with Crippen LogP contribution in [0, 0.1) is 17.2 Å².